The van der Waals surface area contributed by atoms with Gasteiger partial charge in [-0.15, -0.1) is 0 Å². The lowest BCUT2D eigenvalue weighted by Gasteiger charge is -2.16. The first-order valence-corrected chi connectivity index (χ1v) is 8.60. The van der Waals surface area contributed by atoms with Crippen molar-refractivity contribution in [2.45, 2.75) is 13.3 Å². The molecule has 1 aliphatic heterocycles. The van der Waals surface area contributed by atoms with Crippen LogP contribution in [0.3, 0.4) is 0 Å². The number of nitrogens with zero attached hydrogens (tertiary/aromatic N) is 5. The molecule has 1 aromatic carbocycles. The third-order valence-electron chi connectivity index (χ3n) is 4.54. The Morgan fingerprint density at radius 2 is 2.00 bits per heavy atom. The van der Waals surface area contributed by atoms with Crippen LogP contribution in [-0.2, 0) is 9.59 Å². The number of aromatic nitrogens is 4. The van der Waals surface area contributed by atoms with Crippen molar-refractivity contribution < 1.29 is 9.59 Å². The minimum Gasteiger partial charge on any atom is -0.312 e. The number of aryl methyl sites for hydroxylation is 1. The first-order valence-electron chi connectivity index (χ1n) is 8.60. The fourth-order valence-corrected chi connectivity index (χ4v) is 3.14. The van der Waals surface area contributed by atoms with Crippen LogP contribution in [0.25, 0.3) is 5.82 Å². The molecule has 3 heterocycles. The summed E-state index contributed by atoms with van der Waals surface area (Å²) in [6, 6.07) is 11.0. The van der Waals surface area contributed by atoms with E-state index in [4.69, 9.17) is 0 Å². The van der Waals surface area contributed by atoms with Crippen LogP contribution in [0, 0.1) is 12.8 Å². The van der Waals surface area contributed by atoms with Crippen molar-refractivity contribution in [1.82, 2.24) is 19.5 Å². The van der Waals surface area contributed by atoms with Gasteiger partial charge in [0.1, 0.15) is 23.8 Å². The fourth-order valence-electron chi connectivity index (χ4n) is 3.14. The van der Waals surface area contributed by atoms with Gasteiger partial charge in [0.25, 0.3) is 0 Å². The molecule has 3 aromatic rings. The summed E-state index contributed by atoms with van der Waals surface area (Å²) in [5.41, 5.74) is 0.803. The standard InChI is InChI=1S/C19H18N6O2/c1-13-20-7-8-24(13)17-10-16(21-12-22-17)23-19(27)14-9-18(26)25(11-14)15-5-3-2-4-6-15/h2-8,10,12,14H,9,11H2,1H3,(H,21,22,23,27). The number of carbonyl (C=O) groups excluding carboxylic acids is 2. The van der Waals surface area contributed by atoms with Gasteiger partial charge in [-0.3, -0.25) is 14.2 Å². The fraction of sp³-hybridized carbons (Fsp3) is 0.211. The lowest BCUT2D eigenvalue weighted by Crippen LogP contribution is -2.28. The normalized spacial score (nSPS) is 16.6. The minimum absolute atomic E-state index is 0.0567. The predicted octanol–water partition coefficient (Wildman–Crippen LogP) is 1.96. The Labute approximate surface area is 155 Å². The number of para-hydroxylation sites is 1. The summed E-state index contributed by atoms with van der Waals surface area (Å²) in [4.78, 5) is 39.1. The average Bonchev–Trinajstić information content (AvgIpc) is 3.28. The molecule has 8 heteroatoms. The lowest BCUT2D eigenvalue weighted by atomic mass is 10.1. The lowest BCUT2D eigenvalue weighted by molar-refractivity contribution is -0.122. The van der Waals surface area contributed by atoms with Crippen LogP contribution in [0.1, 0.15) is 12.2 Å². The summed E-state index contributed by atoms with van der Waals surface area (Å²) in [7, 11) is 0. The third kappa shape index (κ3) is 3.41. The van der Waals surface area contributed by atoms with E-state index in [1.54, 1.807) is 27.9 Å². The van der Waals surface area contributed by atoms with E-state index in [0.717, 1.165) is 11.5 Å². The molecular formula is C19H18N6O2. The number of benzene rings is 1. The van der Waals surface area contributed by atoms with E-state index in [-0.39, 0.29) is 18.2 Å². The van der Waals surface area contributed by atoms with Crippen LogP contribution in [0.2, 0.25) is 0 Å². The Balaban J connectivity index is 1.47. The Kier molecular flexibility index (Phi) is 4.37. The second kappa shape index (κ2) is 6.99. The number of anilines is 2. The van der Waals surface area contributed by atoms with Crippen LogP contribution in [0.4, 0.5) is 11.5 Å². The van der Waals surface area contributed by atoms with Gasteiger partial charge in [-0.2, -0.15) is 0 Å². The molecule has 8 nitrogen and oxygen atoms in total. The van der Waals surface area contributed by atoms with Crippen LogP contribution < -0.4 is 10.2 Å². The maximum atomic E-state index is 12.6. The number of imidazole rings is 1. The van der Waals surface area contributed by atoms with Gasteiger partial charge in [-0.25, -0.2) is 15.0 Å². The molecule has 1 fully saturated rings. The first kappa shape index (κ1) is 16.9. The summed E-state index contributed by atoms with van der Waals surface area (Å²) in [6.45, 7) is 2.22. The molecule has 0 saturated carbocycles. The van der Waals surface area contributed by atoms with E-state index in [9.17, 15) is 9.59 Å². The van der Waals surface area contributed by atoms with Gasteiger partial charge in [-0.1, -0.05) is 18.2 Å². The van der Waals surface area contributed by atoms with E-state index >= 15 is 0 Å². The van der Waals surface area contributed by atoms with Gasteiger partial charge in [0.05, 0.1) is 5.92 Å². The quantitative estimate of drug-likeness (QED) is 0.766. The Hall–Kier alpha value is -3.55. The van der Waals surface area contributed by atoms with Gasteiger partial charge in [-0.05, 0) is 19.1 Å². The molecule has 1 atom stereocenters. The number of carbonyl (C=O) groups is 2. The zero-order valence-electron chi connectivity index (χ0n) is 14.7. The molecule has 1 aliphatic rings. The van der Waals surface area contributed by atoms with E-state index in [1.807, 2.05) is 37.3 Å². The third-order valence-corrected chi connectivity index (χ3v) is 4.54. The van der Waals surface area contributed by atoms with E-state index < -0.39 is 5.92 Å². The second-order valence-corrected chi connectivity index (χ2v) is 6.34. The Bertz CT molecular complexity index is 985. The van der Waals surface area contributed by atoms with Crippen LogP contribution in [0.15, 0.2) is 55.1 Å². The van der Waals surface area contributed by atoms with Gasteiger partial charge >= 0.3 is 0 Å². The van der Waals surface area contributed by atoms with E-state index in [1.165, 1.54) is 6.33 Å². The van der Waals surface area contributed by atoms with Crippen molar-refractivity contribution in [2.24, 2.45) is 5.92 Å². The SMILES string of the molecule is Cc1nccn1-c1cc(NC(=O)C2CC(=O)N(c3ccccc3)C2)ncn1. The van der Waals surface area contributed by atoms with Crippen molar-refractivity contribution in [3.8, 4) is 5.82 Å². The molecule has 0 aliphatic carbocycles. The monoisotopic (exact) mass is 362 g/mol. The predicted molar refractivity (Wildman–Crippen MR) is 99.4 cm³/mol. The second-order valence-electron chi connectivity index (χ2n) is 6.34. The summed E-state index contributed by atoms with van der Waals surface area (Å²) in [5.74, 6) is 1.08. The summed E-state index contributed by atoms with van der Waals surface area (Å²) in [5, 5.41) is 2.80. The van der Waals surface area contributed by atoms with Gasteiger partial charge < -0.3 is 10.2 Å². The molecular weight excluding hydrogens is 344 g/mol. The Morgan fingerprint density at radius 1 is 1.19 bits per heavy atom. The molecule has 0 bridgehead atoms. The largest absolute Gasteiger partial charge is 0.312 e. The highest BCUT2D eigenvalue weighted by atomic mass is 16.2. The van der Waals surface area contributed by atoms with E-state index in [2.05, 4.69) is 20.3 Å². The zero-order chi connectivity index (χ0) is 18.8. The average molecular weight is 362 g/mol. The minimum atomic E-state index is -0.425. The molecule has 136 valence electrons. The first-order chi connectivity index (χ1) is 13.1. The van der Waals surface area contributed by atoms with Crippen molar-refractivity contribution in [1.29, 1.82) is 0 Å². The topological polar surface area (TPSA) is 93.0 Å². The van der Waals surface area contributed by atoms with Gasteiger partial charge in [0, 0.05) is 37.1 Å². The molecule has 27 heavy (non-hydrogen) atoms. The molecule has 2 amide bonds. The smallest absolute Gasteiger partial charge is 0.230 e. The van der Waals surface area contributed by atoms with Crippen molar-refractivity contribution in [3.63, 3.8) is 0 Å². The van der Waals surface area contributed by atoms with Crippen molar-refractivity contribution >= 4 is 23.3 Å². The molecule has 1 unspecified atom stereocenters. The highest BCUT2D eigenvalue weighted by Crippen LogP contribution is 2.25. The molecule has 1 N–H and O–H groups in total. The number of rotatable bonds is 4. The molecule has 0 radical (unpaired) electrons. The number of hydrogen-bond acceptors (Lipinski definition) is 5. The van der Waals surface area contributed by atoms with Gasteiger partial charge in [0.2, 0.25) is 11.8 Å². The maximum absolute atomic E-state index is 12.6. The van der Waals surface area contributed by atoms with Crippen LogP contribution >= 0.6 is 0 Å². The van der Waals surface area contributed by atoms with Crippen molar-refractivity contribution in [3.05, 3.63) is 60.9 Å². The van der Waals surface area contributed by atoms with Gasteiger partial charge in [0.15, 0.2) is 0 Å². The molecule has 1 saturated heterocycles. The number of hydrogen-bond donors (Lipinski definition) is 1. The molecule has 4 rings (SSSR count). The van der Waals surface area contributed by atoms with Crippen molar-refractivity contribution in [2.75, 3.05) is 16.8 Å². The number of nitrogens with one attached hydrogen (secondary N) is 1. The molecule has 2 aromatic heterocycles. The molecule has 0 spiro atoms. The highest BCUT2D eigenvalue weighted by Gasteiger charge is 2.35. The zero-order valence-corrected chi connectivity index (χ0v) is 14.7. The van der Waals surface area contributed by atoms with Crippen LogP contribution in [-0.4, -0.2) is 37.9 Å². The van der Waals surface area contributed by atoms with Crippen LogP contribution in [0.5, 0.6) is 0 Å². The summed E-state index contributed by atoms with van der Waals surface area (Å²) >= 11 is 0. The van der Waals surface area contributed by atoms with E-state index in [0.29, 0.717) is 18.2 Å². The summed E-state index contributed by atoms with van der Waals surface area (Å²) in [6.07, 6.45) is 5.04. The highest BCUT2D eigenvalue weighted by molar-refractivity contribution is 6.03. The summed E-state index contributed by atoms with van der Waals surface area (Å²) < 4.78 is 1.80. The Morgan fingerprint density at radius 3 is 2.74 bits per heavy atom. The maximum Gasteiger partial charge on any atom is 0.230 e. The number of amides is 2.